The second-order valence-electron chi connectivity index (χ2n) is 7.64. The van der Waals surface area contributed by atoms with Gasteiger partial charge >= 0.3 is 0 Å². The summed E-state index contributed by atoms with van der Waals surface area (Å²) in [5.41, 5.74) is 3.40. The van der Waals surface area contributed by atoms with E-state index in [1.165, 1.54) is 5.56 Å². The molecule has 0 bridgehead atoms. The van der Waals surface area contributed by atoms with E-state index in [0.29, 0.717) is 32.6 Å². The maximum atomic E-state index is 13.4. The van der Waals surface area contributed by atoms with Crippen molar-refractivity contribution in [1.29, 1.82) is 0 Å². The molecule has 2 aliphatic heterocycles. The van der Waals surface area contributed by atoms with Gasteiger partial charge in [0.15, 0.2) is 0 Å². The minimum absolute atomic E-state index is 0.0728. The van der Waals surface area contributed by atoms with Crippen molar-refractivity contribution in [3.05, 3.63) is 35.4 Å². The number of hydrogen-bond acceptors (Lipinski definition) is 4. The Morgan fingerprint density at radius 2 is 2.00 bits per heavy atom. The van der Waals surface area contributed by atoms with Crippen LogP contribution in [0.5, 0.6) is 0 Å². The first-order chi connectivity index (χ1) is 12.5. The highest BCUT2D eigenvalue weighted by Crippen LogP contribution is 2.39. The standard InChI is InChI=1S/C20H28N2O4/c1-14-5-7-15(8-6-14)20(2)10-11-22(19(20)24)17-4-3-12-26-13-9-16(17)18(23)21-25/h5-8,16-17,25H,3-4,9-13H2,1-2H3,(H,21,23). The van der Waals surface area contributed by atoms with Crippen molar-refractivity contribution in [2.75, 3.05) is 19.8 Å². The van der Waals surface area contributed by atoms with E-state index in [1.807, 2.05) is 43.0 Å². The lowest BCUT2D eigenvalue weighted by molar-refractivity contribution is -0.142. The quantitative estimate of drug-likeness (QED) is 0.640. The molecule has 3 atom stereocenters. The van der Waals surface area contributed by atoms with E-state index in [2.05, 4.69) is 0 Å². The first-order valence-electron chi connectivity index (χ1n) is 9.37. The lowest BCUT2D eigenvalue weighted by atomic mass is 9.80. The van der Waals surface area contributed by atoms with Gasteiger partial charge in [-0.2, -0.15) is 0 Å². The van der Waals surface area contributed by atoms with Gasteiger partial charge in [0.2, 0.25) is 11.8 Å². The molecule has 6 nitrogen and oxygen atoms in total. The Bertz CT molecular complexity index is 660. The van der Waals surface area contributed by atoms with Gasteiger partial charge < -0.3 is 9.64 Å². The highest BCUT2D eigenvalue weighted by Gasteiger charge is 2.48. The minimum Gasteiger partial charge on any atom is -0.381 e. The van der Waals surface area contributed by atoms with Crippen molar-refractivity contribution in [3.8, 4) is 0 Å². The summed E-state index contributed by atoms with van der Waals surface area (Å²) in [4.78, 5) is 27.5. The molecule has 2 saturated heterocycles. The third-order valence-electron chi connectivity index (χ3n) is 5.95. The Labute approximate surface area is 154 Å². The molecule has 2 heterocycles. The predicted molar refractivity (Wildman–Crippen MR) is 96.7 cm³/mol. The van der Waals surface area contributed by atoms with E-state index in [1.54, 1.807) is 5.48 Å². The average Bonchev–Trinajstić information content (AvgIpc) is 2.91. The summed E-state index contributed by atoms with van der Waals surface area (Å²) in [5, 5.41) is 9.14. The summed E-state index contributed by atoms with van der Waals surface area (Å²) < 4.78 is 5.49. The Morgan fingerprint density at radius 3 is 2.69 bits per heavy atom. The smallest absolute Gasteiger partial charge is 0.248 e. The molecule has 1 aromatic rings. The zero-order valence-corrected chi connectivity index (χ0v) is 15.5. The molecular formula is C20H28N2O4. The normalized spacial score (nSPS) is 30.0. The number of ether oxygens (including phenoxy) is 1. The summed E-state index contributed by atoms with van der Waals surface area (Å²) in [6, 6.07) is 7.92. The molecule has 26 heavy (non-hydrogen) atoms. The summed E-state index contributed by atoms with van der Waals surface area (Å²) in [5.74, 6) is -0.814. The first kappa shape index (κ1) is 18.9. The van der Waals surface area contributed by atoms with Crippen molar-refractivity contribution in [2.45, 2.75) is 51.0 Å². The SMILES string of the molecule is Cc1ccc(C2(C)CCN(C3CCCOCCC3C(=O)NO)C2=O)cc1. The van der Waals surface area contributed by atoms with Gasteiger partial charge in [0.1, 0.15) is 0 Å². The van der Waals surface area contributed by atoms with Crippen LogP contribution in [0.2, 0.25) is 0 Å². The van der Waals surface area contributed by atoms with Gasteiger partial charge in [0, 0.05) is 25.8 Å². The second-order valence-corrected chi connectivity index (χ2v) is 7.64. The van der Waals surface area contributed by atoms with Crippen LogP contribution in [0.3, 0.4) is 0 Å². The summed E-state index contributed by atoms with van der Waals surface area (Å²) >= 11 is 0. The summed E-state index contributed by atoms with van der Waals surface area (Å²) in [6.07, 6.45) is 2.73. The van der Waals surface area contributed by atoms with Crippen LogP contribution in [-0.2, 0) is 19.7 Å². The number of carbonyl (C=O) groups is 2. The predicted octanol–water partition coefficient (Wildman–Crippen LogP) is 2.18. The molecule has 2 aliphatic rings. The number of likely N-dealkylation sites (tertiary alicyclic amines) is 1. The molecule has 3 unspecified atom stereocenters. The number of amides is 2. The number of benzene rings is 1. The maximum Gasteiger partial charge on any atom is 0.248 e. The molecule has 0 saturated carbocycles. The van der Waals surface area contributed by atoms with Crippen LogP contribution in [0.4, 0.5) is 0 Å². The lowest BCUT2D eigenvalue weighted by Crippen LogP contribution is -2.50. The number of nitrogens with zero attached hydrogens (tertiary/aromatic N) is 1. The van der Waals surface area contributed by atoms with Crippen molar-refractivity contribution in [1.82, 2.24) is 10.4 Å². The number of hydroxylamine groups is 1. The van der Waals surface area contributed by atoms with E-state index in [9.17, 15) is 9.59 Å². The molecule has 0 aliphatic carbocycles. The Morgan fingerprint density at radius 1 is 1.27 bits per heavy atom. The van der Waals surface area contributed by atoms with Crippen molar-refractivity contribution in [2.24, 2.45) is 5.92 Å². The van der Waals surface area contributed by atoms with Crippen LogP contribution in [0, 0.1) is 12.8 Å². The van der Waals surface area contributed by atoms with Crippen molar-refractivity contribution < 1.29 is 19.5 Å². The average molecular weight is 360 g/mol. The molecule has 0 spiro atoms. The van der Waals surface area contributed by atoms with E-state index >= 15 is 0 Å². The molecule has 1 aromatic carbocycles. The van der Waals surface area contributed by atoms with Gasteiger partial charge in [-0.05, 0) is 45.1 Å². The Hall–Kier alpha value is -1.92. The summed E-state index contributed by atoms with van der Waals surface area (Å²) in [7, 11) is 0. The van der Waals surface area contributed by atoms with Gasteiger partial charge in [-0.15, -0.1) is 0 Å². The number of aryl methyl sites for hydroxylation is 1. The molecule has 3 rings (SSSR count). The molecule has 2 N–H and O–H groups in total. The van der Waals surface area contributed by atoms with Crippen molar-refractivity contribution >= 4 is 11.8 Å². The molecule has 2 amide bonds. The van der Waals surface area contributed by atoms with Crippen LogP contribution >= 0.6 is 0 Å². The second kappa shape index (κ2) is 7.76. The van der Waals surface area contributed by atoms with E-state index in [4.69, 9.17) is 9.94 Å². The number of rotatable bonds is 3. The highest BCUT2D eigenvalue weighted by molar-refractivity contribution is 5.91. The zero-order chi connectivity index (χ0) is 18.7. The molecular weight excluding hydrogens is 332 g/mol. The Kier molecular flexibility index (Phi) is 5.63. The van der Waals surface area contributed by atoms with Crippen molar-refractivity contribution in [3.63, 3.8) is 0 Å². The molecule has 0 radical (unpaired) electrons. The van der Waals surface area contributed by atoms with Crippen LogP contribution in [-0.4, -0.2) is 47.7 Å². The van der Waals surface area contributed by atoms with Crippen LogP contribution in [0.15, 0.2) is 24.3 Å². The number of nitrogens with one attached hydrogen (secondary N) is 1. The fourth-order valence-corrected chi connectivity index (χ4v) is 4.24. The molecule has 6 heteroatoms. The molecule has 0 aromatic heterocycles. The Balaban J connectivity index is 1.86. The van der Waals surface area contributed by atoms with E-state index in [-0.39, 0.29) is 11.9 Å². The molecule has 2 fully saturated rings. The fourth-order valence-electron chi connectivity index (χ4n) is 4.24. The maximum absolute atomic E-state index is 13.4. The highest BCUT2D eigenvalue weighted by atomic mass is 16.5. The van der Waals surface area contributed by atoms with Gasteiger partial charge in [0.25, 0.3) is 0 Å². The third-order valence-corrected chi connectivity index (χ3v) is 5.95. The largest absolute Gasteiger partial charge is 0.381 e. The van der Waals surface area contributed by atoms with Gasteiger partial charge in [0.05, 0.1) is 11.3 Å². The van der Waals surface area contributed by atoms with Crippen LogP contribution in [0.25, 0.3) is 0 Å². The minimum atomic E-state index is -0.563. The van der Waals surface area contributed by atoms with E-state index < -0.39 is 17.2 Å². The first-order valence-corrected chi connectivity index (χ1v) is 9.37. The number of hydrogen-bond donors (Lipinski definition) is 2. The molecule has 142 valence electrons. The lowest BCUT2D eigenvalue weighted by Gasteiger charge is -2.36. The van der Waals surface area contributed by atoms with E-state index in [0.717, 1.165) is 18.4 Å². The van der Waals surface area contributed by atoms with Crippen LogP contribution in [0.1, 0.15) is 43.7 Å². The van der Waals surface area contributed by atoms with Gasteiger partial charge in [-0.25, -0.2) is 5.48 Å². The third kappa shape index (κ3) is 3.48. The van der Waals surface area contributed by atoms with Gasteiger partial charge in [-0.3, -0.25) is 14.8 Å². The topological polar surface area (TPSA) is 78.9 Å². The zero-order valence-electron chi connectivity index (χ0n) is 15.5. The summed E-state index contributed by atoms with van der Waals surface area (Å²) in [6.45, 7) is 5.76. The van der Waals surface area contributed by atoms with Crippen LogP contribution < -0.4 is 5.48 Å². The van der Waals surface area contributed by atoms with Gasteiger partial charge in [-0.1, -0.05) is 29.8 Å². The fraction of sp³-hybridized carbons (Fsp3) is 0.600. The number of carbonyl (C=O) groups excluding carboxylic acids is 2. The monoisotopic (exact) mass is 360 g/mol.